The average molecular weight is 443 g/mol. The zero-order valence-electron chi connectivity index (χ0n) is 19.0. The van der Waals surface area contributed by atoms with Crippen molar-refractivity contribution in [3.8, 4) is 11.5 Å². The van der Waals surface area contributed by atoms with Crippen LogP contribution >= 0.6 is 7.60 Å². The summed E-state index contributed by atoms with van der Waals surface area (Å²) in [4.78, 5) is 0. The SMILES string of the molecule is CCCCCc1cc(O)c(C2C=C(C)CCC2)c(OP(=O)(OCC)c2ccccc2)c1. The lowest BCUT2D eigenvalue weighted by atomic mass is 9.84. The largest absolute Gasteiger partial charge is 0.507 e. The number of unbranched alkanes of at least 4 members (excludes halogenated alkanes) is 2. The molecule has 2 aromatic carbocycles. The number of aryl methyl sites for hydroxylation is 1. The van der Waals surface area contributed by atoms with Crippen LogP contribution in [-0.2, 0) is 15.5 Å². The molecular formula is C26H35O4P. The van der Waals surface area contributed by atoms with Crippen LogP contribution in [0.25, 0.3) is 0 Å². The van der Waals surface area contributed by atoms with E-state index < -0.39 is 7.60 Å². The maximum Gasteiger partial charge on any atom is 0.410 e. The monoisotopic (exact) mass is 442 g/mol. The van der Waals surface area contributed by atoms with Gasteiger partial charge in [0.2, 0.25) is 0 Å². The Hall–Kier alpha value is -2.03. The average Bonchev–Trinajstić information content (AvgIpc) is 2.74. The summed E-state index contributed by atoms with van der Waals surface area (Å²) in [5.74, 6) is 0.735. The molecular weight excluding hydrogens is 407 g/mol. The molecule has 2 atom stereocenters. The number of rotatable bonds is 10. The standard InChI is InChI=1S/C26H35O4P/c1-4-6-8-13-21-18-24(27)26(22-14-11-12-20(3)17-22)25(19-21)30-31(28,29-5-2)23-15-9-7-10-16-23/h7,9-10,15-19,22,27H,4-6,8,11-14H2,1-3H3. The van der Waals surface area contributed by atoms with Gasteiger partial charge in [0, 0.05) is 11.5 Å². The number of phenols is 1. The van der Waals surface area contributed by atoms with E-state index in [1.807, 2.05) is 37.3 Å². The van der Waals surface area contributed by atoms with Gasteiger partial charge in [0.1, 0.15) is 11.5 Å². The van der Waals surface area contributed by atoms with Crippen molar-refractivity contribution in [3.63, 3.8) is 0 Å². The number of aromatic hydroxyl groups is 1. The summed E-state index contributed by atoms with van der Waals surface area (Å²) >= 11 is 0. The maximum atomic E-state index is 13.8. The summed E-state index contributed by atoms with van der Waals surface area (Å²) in [5.41, 5.74) is 3.02. The maximum absolute atomic E-state index is 13.8. The van der Waals surface area contributed by atoms with E-state index in [0.29, 0.717) is 16.6 Å². The van der Waals surface area contributed by atoms with Gasteiger partial charge in [-0.3, -0.25) is 4.52 Å². The van der Waals surface area contributed by atoms with E-state index in [-0.39, 0.29) is 18.3 Å². The second-order valence-corrected chi connectivity index (χ2v) is 10.3. The third-order valence-electron chi connectivity index (χ3n) is 5.78. The summed E-state index contributed by atoms with van der Waals surface area (Å²) in [7, 11) is -3.59. The predicted octanol–water partition coefficient (Wildman–Crippen LogP) is 7.27. The van der Waals surface area contributed by atoms with E-state index in [2.05, 4.69) is 19.9 Å². The van der Waals surface area contributed by atoms with Crippen molar-refractivity contribution in [2.45, 2.75) is 71.6 Å². The second-order valence-electron chi connectivity index (χ2n) is 8.34. The number of phenolic OH excluding ortho intramolecular Hbond substituents is 1. The van der Waals surface area contributed by atoms with Crippen molar-refractivity contribution in [1.82, 2.24) is 0 Å². The van der Waals surface area contributed by atoms with Crippen LogP contribution in [0, 0.1) is 0 Å². The fraction of sp³-hybridized carbons (Fsp3) is 0.462. The third-order valence-corrected chi connectivity index (χ3v) is 7.75. The summed E-state index contributed by atoms with van der Waals surface area (Å²) in [5, 5.41) is 11.5. The van der Waals surface area contributed by atoms with E-state index in [9.17, 15) is 9.67 Å². The highest BCUT2D eigenvalue weighted by atomic mass is 31.2. The van der Waals surface area contributed by atoms with E-state index in [4.69, 9.17) is 9.05 Å². The van der Waals surface area contributed by atoms with Gasteiger partial charge in [0.25, 0.3) is 0 Å². The lowest BCUT2D eigenvalue weighted by molar-refractivity contribution is 0.287. The molecule has 0 amide bonds. The molecule has 168 valence electrons. The molecule has 1 aliphatic rings. The van der Waals surface area contributed by atoms with Gasteiger partial charge in [-0.15, -0.1) is 0 Å². The molecule has 0 bridgehead atoms. The molecule has 0 saturated carbocycles. The first-order chi connectivity index (χ1) is 15.0. The van der Waals surface area contributed by atoms with Crippen LogP contribution in [0.15, 0.2) is 54.1 Å². The molecule has 0 aliphatic heterocycles. The van der Waals surface area contributed by atoms with Crippen molar-refractivity contribution in [2.75, 3.05) is 6.61 Å². The Labute approximate surface area is 186 Å². The van der Waals surface area contributed by atoms with Gasteiger partial charge in [-0.25, -0.2) is 4.57 Å². The van der Waals surface area contributed by atoms with Crippen LogP contribution in [-0.4, -0.2) is 11.7 Å². The Morgan fingerprint density at radius 3 is 2.58 bits per heavy atom. The molecule has 0 heterocycles. The first-order valence-electron chi connectivity index (χ1n) is 11.5. The minimum Gasteiger partial charge on any atom is -0.507 e. The molecule has 31 heavy (non-hydrogen) atoms. The number of allylic oxidation sites excluding steroid dienone is 2. The van der Waals surface area contributed by atoms with Crippen molar-refractivity contribution in [2.24, 2.45) is 0 Å². The lowest BCUT2D eigenvalue weighted by Gasteiger charge is -2.26. The predicted molar refractivity (Wildman–Crippen MR) is 128 cm³/mol. The van der Waals surface area contributed by atoms with Gasteiger partial charge in [-0.1, -0.05) is 49.6 Å². The highest BCUT2D eigenvalue weighted by Gasteiger charge is 2.32. The summed E-state index contributed by atoms with van der Waals surface area (Å²) in [6.07, 6.45) is 9.42. The van der Waals surface area contributed by atoms with Crippen LogP contribution in [0.2, 0.25) is 0 Å². The van der Waals surface area contributed by atoms with Gasteiger partial charge < -0.3 is 9.63 Å². The fourth-order valence-electron chi connectivity index (χ4n) is 4.24. The van der Waals surface area contributed by atoms with Crippen molar-refractivity contribution >= 4 is 12.9 Å². The Bertz CT molecular complexity index is 936. The molecule has 4 nitrogen and oxygen atoms in total. The van der Waals surface area contributed by atoms with Crippen LogP contribution in [0.3, 0.4) is 0 Å². The van der Waals surface area contributed by atoms with Crippen LogP contribution in [0.5, 0.6) is 11.5 Å². The summed E-state index contributed by atoms with van der Waals surface area (Å²) < 4.78 is 25.7. The number of hydrogen-bond donors (Lipinski definition) is 1. The normalized spacial score (nSPS) is 18.3. The quantitative estimate of drug-likeness (QED) is 0.239. The third kappa shape index (κ3) is 6.02. The Morgan fingerprint density at radius 2 is 1.90 bits per heavy atom. The van der Waals surface area contributed by atoms with Gasteiger partial charge in [-0.05, 0) is 75.8 Å². The van der Waals surface area contributed by atoms with Gasteiger partial charge >= 0.3 is 7.60 Å². The molecule has 3 rings (SSSR count). The zero-order valence-corrected chi connectivity index (χ0v) is 19.9. The topological polar surface area (TPSA) is 55.8 Å². The Balaban J connectivity index is 2.05. The van der Waals surface area contributed by atoms with Crippen LogP contribution < -0.4 is 9.83 Å². The molecule has 5 heteroatoms. The highest BCUT2D eigenvalue weighted by Crippen LogP contribution is 2.51. The highest BCUT2D eigenvalue weighted by molar-refractivity contribution is 7.62. The smallest absolute Gasteiger partial charge is 0.410 e. The fourth-order valence-corrected chi connectivity index (χ4v) is 5.84. The molecule has 2 aromatic rings. The van der Waals surface area contributed by atoms with Crippen molar-refractivity contribution < 1.29 is 18.7 Å². The second kappa shape index (κ2) is 11.0. The minimum atomic E-state index is -3.59. The van der Waals surface area contributed by atoms with Gasteiger partial charge in [0.05, 0.1) is 11.9 Å². The first kappa shape index (κ1) is 23.6. The number of hydrogen-bond acceptors (Lipinski definition) is 4. The van der Waals surface area contributed by atoms with E-state index in [1.54, 1.807) is 12.1 Å². The van der Waals surface area contributed by atoms with Gasteiger partial charge in [0.15, 0.2) is 0 Å². The van der Waals surface area contributed by atoms with E-state index >= 15 is 0 Å². The number of benzene rings is 2. The molecule has 1 aliphatic carbocycles. The van der Waals surface area contributed by atoms with Crippen LogP contribution in [0.1, 0.15) is 76.3 Å². The minimum absolute atomic E-state index is 0.0410. The molecule has 2 unspecified atom stereocenters. The Morgan fingerprint density at radius 1 is 1.13 bits per heavy atom. The lowest BCUT2D eigenvalue weighted by Crippen LogP contribution is -2.14. The first-order valence-corrected chi connectivity index (χ1v) is 13.0. The molecule has 0 radical (unpaired) electrons. The molecule has 0 spiro atoms. The van der Waals surface area contributed by atoms with Crippen molar-refractivity contribution in [3.05, 3.63) is 65.2 Å². The zero-order chi connectivity index (χ0) is 22.3. The van der Waals surface area contributed by atoms with Gasteiger partial charge in [-0.2, -0.15) is 0 Å². The Kier molecular flexibility index (Phi) is 8.40. The van der Waals surface area contributed by atoms with Crippen LogP contribution in [0.4, 0.5) is 0 Å². The molecule has 1 N–H and O–H groups in total. The van der Waals surface area contributed by atoms with E-state index in [0.717, 1.165) is 50.5 Å². The summed E-state index contributed by atoms with van der Waals surface area (Å²) in [6, 6.07) is 12.9. The molecule has 0 saturated heterocycles. The van der Waals surface area contributed by atoms with Crippen molar-refractivity contribution in [1.29, 1.82) is 0 Å². The van der Waals surface area contributed by atoms with E-state index in [1.165, 1.54) is 5.57 Å². The molecule has 0 aromatic heterocycles. The molecule has 0 fully saturated rings. The summed E-state index contributed by atoms with van der Waals surface area (Å²) in [6.45, 7) is 6.38.